The van der Waals surface area contributed by atoms with Crippen molar-refractivity contribution >= 4 is 21.7 Å². The van der Waals surface area contributed by atoms with E-state index in [0.29, 0.717) is 36.0 Å². The molecule has 0 aliphatic carbocycles. The van der Waals surface area contributed by atoms with E-state index in [1.165, 1.54) is 49.8 Å². The molecule has 1 amide bonds. The minimum atomic E-state index is -3.89. The Labute approximate surface area is 213 Å². The van der Waals surface area contributed by atoms with Crippen LogP contribution in [0, 0.1) is 5.82 Å². The van der Waals surface area contributed by atoms with Crippen molar-refractivity contribution in [2.45, 2.75) is 36.6 Å². The number of benzene rings is 1. The van der Waals surface area contributed by atoms with Crippen molar-refractivity contribution in [3.63, 3.8) is 0 Å². The van der Waals surface area contributed by atoms with Gasteiger partial charge in [0, 0.05) is 12.7 Å². The van der Waals surface area contributed by atoms with Crippen LogP contribution in [-0.2, 0) is 14.8 Å². The van der Waals surface area contributed by atoms with Gasteiger partial charge in [0.15, 0.2) is 0 Å². The Morgan fingerprint density at radius 1 is 1.22 bits per heavy atom. The summed E-state index contributed by atoms with van der Waals surface area (Å²) in [6.07, 6.45) is 4.61. The van der Waals surface area contributed by atoms with E-state index in [1.54, 1.807) is 19.1 Å². The number of hydrogen-bond donors (Lipinski definition) is 3. The lowest BCUT2D eigenvalue weighted by Crippen LogP contribution is -2.46. The molecule has 3 N–H and O–H groups in total. The van der Waals surface area contributed by atoms with Crippen LogP contribution in [0.2, 0.25) is 0 Å². The van der Waals surface area contributed by atoms with Crippen molar-refractivity contribution in [2.75, 3.05) is 25.5 Å². The quantitative estimate of drug-likeness (QED) is 0.409. The average molecular weight is 530 g/mol. The first-order chi connectivity index (χ1) is 17.7. The minimum absolute atomic E-state index is 0.0484. The molecule has 196 valence electrons. The number of piperidine rings is 1. The summed E-state index contributed by atoms with van der Waals surface area (Å²) in [5.41, 5.74) is 0.0178. The first-order valence-electron chi connectivity index (χ1n) is 11.8. The van der Waals surface area contributed by atoms with Crippen LogP contribution in [0.5, 0.6) is 11.5 Å². The van der Waals surface area contributed by atoms with Crippen LogP contribution in [0.3, 0.4) is 0 Å². The smallest absolute Gasteiger partial charge is 0.268 e. The number of anilines is 1. The second-order valence-corrected chi connectivity index (χ2v) is 10.6. The van der Waals surface area contributed by atoms with Gasteiger partial charge in [-0.05, 0) is 87.3 Å². The van der Waals surface area contributed by atoms with E-state index in [2.05, 4.69) is 20.0 Å². The standard InChI is InChI=1S/C25H28FN5O5S/c1-16(24(32)30-23-10-9-21(14-28-23)36-20-7-5-19(26)6-8-20)31-11-3-4-17(15-31)18-12-22(25(33)29-13-18)37(34,35)27-2/h5-10,12-14,16-17,27H,3-4,11,15H2,1-2H3,(H,29,33)(H,28,30,32)/t16-,17+/m0/s1. The zero-order chi connectivity index (χ0) is 26.6. The number of pyridine rings is 2. The fourth-order valence-electron chi connectivity index (χ4n) is 4.20. The summed E-state index contributed by atoms with van der Waals surface area (Å²) in [6, 6.07) is 9.81. The molecule has 10 nitrogen and oxygen atoms in total. The Bertz CT molecular complexity index is 1410. The number of aromatic nitrogens is 2. The van der Waals surface area contributed by atoms with E-state index >= 15 is 0 Å². The number of nitrogens with one attached hydrogen (secondary N) is 3. The Morgan fingerprint density at radius 3 is 2.62 bits per heavy atom. The molecule has 1 aliphatic heterocycles. The number of H-pyrrole nitrogens is 1. The van der Waals surface area contributed by atoms with E-state index < -0.39 is 21.6 Å². The number of amides is 1. The summed E-state index contributed by atoms with van der Waals surface area (Å²) in [5, 5.41) is 2.80. The molecular formula is C25H28FN5O5S. The summed E-state index contributed by atoms with van der Waals surface area (Å²) in [4.78, 5) is 33.4. The van der Waals surface area contributed by atoms with E-state index in [1.807, 2.05) is 4.90 Å². The average Bonchev–Trinajstić information content (AvgIpc) is 2.91. The van der Waals surface area contributed by atoms with Gasteiger partial charge in [-0.2, -0.15) is 0 Å². The lowest BCUT2D eigenvalue weighted by Gasteiger charge is -2.36. The summed E-state index contributed by atoms with van der Waals surface area (Å²) < 4.78 is 45.2. The molecule has 1 aromatic carbocycles. The molecule has 1 aliphatic rings. The van der Waals surface area contributed by atoms with Gasteiger partial charge >= 0.3 is 0 Å². The third-order valence-electron chi connectivity index (χ3n) is 6.34. The highest BCUT2D eigenvalue weighted by Gasteiger charge is 2.29. The SMILES string of the molecule is CNS(=O)(=O)c1cc([C@@H]2CCCN([C@@H](C)C(=O)Nc3ccc(Oc4ccc(F)cc4)cn3)C2)c[nH]c1=O. The summed E-state index contributed by atoms with van der Waals surface area (Å²) in [5.74, 6) is 0.624. The van der Waals surface area contributed by atoms with Gasteiger partial charge in [0.25, 0.3) is 5.56 Å². The molecule has 12 heteroatoms. The summed E-state index contributed by atoms with van der Waals surface area (Å²) >= 11 is 0. The predicted octanol–water partition coefficient (Wildman–Crippen LogP) is 2.82. The van der Waals surface area contributed by atoms with Crippen LogP contribution >= 0.6 is 0 Å². The molecule has 0 bridgehead atoms. The molecule has 3 aromatic rings. The van der Waals surface area contributed by atoms with Gasteiger partial charge in [0.2, 0.25) is 15.9 Å². The number of halogens is 1. The maximum Gasteiger partial charge on any atom is 0.268 e. The van der Waals surface area contributed by atoms with Crippen molar-refractivity contribution in [3.05, 3.63) is 76.6 Å². The third-order valence-corrected chi connectivity index (χ3v) is 7.76. The van der Waals surface area contributed by atoms with E-state index in [9.17, 15) is 22.4 Å². The molecule has 1 fully saturated rings. The fraction of sp³-hybridized carbons (Fsp3) is 0.320. The number of nitrogens with zero attached hydrogens (tertiary/aromatic N) is 2. The van der Waals surface area contributed by atoms with Gasteiger partial charge in [-0.25, -0.2) is 22.5 Å². The minimum Gasteiger partial charge on any atom is -0.456 e. The zero-order valence-corrected chi connectivity index (χ0v) is 21.2. The Balaban J connectivity index is 1.39. The predicted molar refractivity (Wildman–Crippen MR) is 136 cm³/mol. The highest BCUT2D eigenvalue weighted by Crippen LogP contribution is 2.28. The molecule has 2 aromatic heterocycles. The zero-order valence-electron chi connectivity index (χ0n) is 20.4. The second kappa shape index (κ2) is 11.2. The van der Waals surface area contributed by atoms with Gasteiger partial charge < -0.3 is 15.0 Å². The number of carbonyl (C=O) groups excluding carboxylic acids is 1. The Kier molecular flexibility index (Phi) is 8.00. The molecule has 0 unspecified atom stereocenters. The van der Waals surface area contributed by atoms with E-state index in [0.717, 1.165) is 12.8 Å². The van der Waals surface area contributed by atoms with Gasteiger partial charge in [-0.3, -0.25) is 14.5 Å². The van der Waals surface area contributed by atoms with Crippen molar-refractivity contribution in [3.8, 4) is 11.5 Å². The number of rotatable bonds is 8. The van der Waals surface area contributed by atoms with Crippen LogP contribution in [0.4, 0.5) is 10.2 Å². The molecule has 3 heterocycles. The lowest BCUT2D eigenvalue weighted by atomic mass is 9.91. The number of sulfonamides is 1. The first-order valence-corrected chi connectivity index (χ1v) is 13.2. The molecular weight excluding hydrogens is 501 g/mol. The second-order valence-electron chi connectivity index (χ2n) is 8.77. The molecule has 0 spiro atoms. The molecule has 4 rings (SSSR count). The summed E-state index contributed by atoms with van der Waals surface area (Å²) in [6.45, 7) is 3.03. The fourth-order valence-corrected chi connectivity index (χ4v) is 5.02. The maximum atomic E-state index is 13.0. The van der Waals surface area contributed by atoms with Crippen molar-refractivity contribution in [1.29, 1.82) is 0 Å². The molecule has 0 radical (unpaired) electrons. The highest BCUT2D eigenvalue weighted by atomic mass is 32.2. The molecule has 2 atom stereocenters. The van der Waals surface area contributed by atoms with E-state index in [-0.39, 0.29) is 22.5 Å². The van der Waals surface area contributed by atoms with Crippen molar-refractivity contribution in [1.82, 2.24) is 19.6 Å². The number of hydrogen-bond acceptors (Lipinski definition) is 7. The van der Waals surface area contributed by atoms with E-state index in [4.69, 9.17) is 4.74 Å². The van der Waals surface area contributed by atoms with Crippen molar-refractivity contribution < 1.29 is 22.3 Å². The number of aromatic amines is 1. The molecule has 0 saturated carbocycles. The van der Waals surface area contributed by atoms with Crippen LogP contribution in [-0.4, -0.2) is 55.4 Å². The number of ether oxygens (including phenoxy) is 1. The summed E-state index contributed by atoms with van der Waals surface area (Å²) in [7, 11) is -2.64. The van der Waals surface area contributed by atoms with Crippen LogP contribution < -0.4 is 20.3 Å². The Morgan fingerprint density at radius 2 is 1.95 bits per heavy atom. The molecule has 37 heavy (non-hydrogen) atoms. The van der Waals surface area contributed by atoms with Gasteiger partial charge in [0.05, 0.1) is 12.2 Å². The molecule has 1 saturated heterocycles. The van der Waals surface area contributed by atoms with Gasteiger partial charge in [0.1, 0.15) is 28.0 Å². The van der Waals surface area contributed by atoms with Crippen LogP contribution in [0.15, 0.2) is 64.5 Å². The highest BCUT2D eigenvalue weighted by molar-refractivity contribution is 7.89. The topological polar surface area (TPSA) is 133 Å². The van der Waals surface area contributed by atoms with Crippen LogP contribution in [0.1, 0.15) is 31.2 Å². The number of carbonyl (C=O) groups is 1. The van der Waals surface area contributed by atoms with Gasteiger partial charge in [-0.1, -0.05) is 0 Å². The maximum absolute atomic E-state index is 13.0. The first kappa shape index (κ1) is 26.5. The largest absolute Gasteiger partial charge is 0.456 e. The number of likely N-dealkylation sites (tertiary alicyclic amines) is 1. The normalized spacial score (nSPS) is 17.2. The Hall–Kier alpha value is -3.61. The lowest BCUT2D eigenvalue weighted by molar-refractivity contribution is -0.121. The monoisotopic (exact) mass is 529 g/mol. The third kappa shape index (κ3) is 6.40. The van der Waals surface area contributed by atoms with Gasteiger partial charge in [-0.15, -0.1) is 0 Å². The van der Waals surface area contributed by atoms with Crippen LogP contribution in [0.25, 0.3) is 0 Å². The van der Waals surface area contributed by atoms with Crippen molar-refractivity contribution in [2.24, 2.45) is 0 Å².